The van der Waals surface area contributed by atoms with Crippen LogP contribution in [0.5, 0.6) is 0 Å². The van der Waals surface area contributed by atoms with Crippen LogP contribution in [0.1, 0.15) is 34.3 Å². The molecule has 0 bridgehead atoms. The van der Waals surface area contributed by atoms with Gasteiger partial charge in [0.1, 0.15) is 11.0 Å². The lowest BCUT2D eigenvalue weighted by molar-refractivity contribution is -0.137. The van der Waals surface area contributed by atoms with Gasteiger partial charge in [-0.25, -0.2) is 0 Å². The fraction of sp³-hybridized carbons (Fsp3) is 0.219. The molecule has 39 heavy (non-hydrogen) atoms. The highest BCUT2D eigenvalue weighted by Gasteiger charge is 2.81. The number of hydrogen-bond donors (Lipinski definition) is 2. The molecule has 0 saturated carbocycles. The minimum absolute atomic E-state index is 0.121. The second kappa shape index (κ2) is 7.78. The van der Waals surface area contributed by atoms with Gasteiger partial charge >= 0.3 is 0 Å². The van der Waals surface area contributed by atoms with Gasteiger partial charge in [0.05, 0.1) is 16.6 Å². The number of para-hydroxylation sites is 2. The summed E-state index contributed by atoms with van der Waals surface area (Å²) in [5.41, 5.74) is 0.162. The highest BCUT2D eigenvalue weighted by atomic mass is 35.5. The van der Waals surface area contributed by atoms with Crippen molar-refractivity contribution in [2.24, 2.45) is 5.92 Å². The van der Waals surface area contributed by atoms with Gasteiger partial charge in [0.25, 0.3) is 5.91 Å². The third-order valence-electron chi connectivity index (χ3n) is 9.40. The highest BCUT2D eigenvalue weighted by Crippen LogP contribution is 2.68. The number of Topliss-reactive ketones (excluding diaryl/α,β-unsaturated/α-hetero) is 1. The SMILES string of the molecule is O=C(c1ccc2ccccc2c1)[C@H]1[C@@H]2CCCN2[C@]2(C(=O)Nc3c(Cl)cccc32)[C@]12C(=O)Nc1ccccc12. The molecule has 4 atom stereocenters. The van der Waals surface area contributed by atoms with E-state index in [9.17, 15) is 14.4 Å². The number of halogens is 1. The van der Waals surface area contributed by atoms with E-state index in [0.717, 1.165) is 17.2 Å². The number of fused-ring (bicyclic) bond motifs is 8. The fourth-order valence-corrected chi connectivity index (χ4v) is 8.31. The molecule has 8 rings (SSSR count). The van der Waals surface area contributed by atoms with Crippen LogP contribution >= 0.6 is 11.6 Å². The Morgan fingerprint density at radius 2 is 1.62 bits per heavy atom. The molecule has 2 saturated heterocycles. The summed E-state index contributed by atoms with van der Waals surface area (Å²) in [5, 5.41) is 8.52. The Morgan fingerprint density at radius 3 is 2.49 bits per heavy atom. The van der Waals surface area contributed by atoms with Gasteiger partial charge in [-0.2, -0.15) is 0 Å². The topological polar surface area (TPSA) is 78.5 Å². The number of carbonyl (C=O) groups excluding carboxylic acids is 3. The molecule has 6 nitrogen and oxygen atoms in total. The predicted octanol–water partition coefficient (Wildman–Crippen LogP) is 5.51. The predicted molar refractivity (Wildman–Crippen MR) is 150 cm³/mol. The van der Waals surface area contributed by atoms with E-state index in [4.69, 9.17) is 11.6 Å². The zero-order valence-corrected chi connectivity index (χ0v) is 21.7. The summed E-state index contributed by atoms with van der Waals surface area (Å²) in [6.45, 7) is 0.600. The Balaban J connectivity index is 1.46. The first kappa shape index (κ1) is 22.9. The molecule has 4 heterocycles. The maximum absolute atomic E-state index is 14.8. The van der Waals surface area contributed by atoms with Crippen molar-refractivity contribution < 1.29 is 14.4 Å². The standard InChI is InChI=1S/C32H24ClN3O3/c33-23-11-5-10-22-27(23)35-30(39)32(22)31(21-9-3-4-12-24(21)34-29(31)38)26(25-13-6-16-36(25)32)28(37)20-15-14-18-7-1-2-8-19(18)17-20/h1-5,7-12,14-15,17,25-26H,6,13,16H2,(H,34,38)(H,35,39)/t25-,26+,31-,32+/m0/s1. The molecule has 4 aromatic rings. The van der Waals surface area contributed by atoms with E-state index in [2.05, 4.69) is 15.5 Å². The monoisotopic (exact) mass is 533 g/mol. The molecular formula is C32H24ClN3O3. The highest BCUT2D eigenvalue weighted by molar-refractivity contribution is 6.35. The van der Waals surface area contributed by atoms with Gasteiger partial charge in [-0.05, 0) is 53.9 Å². The number of nitrogens with zero attached hydrogens (tertiary/aromatic N) is 1. The Hall–Kier alpha value is -4.00. The van der Waals surface area contributed by atoms with E-state index in [1.54, 1.807) is 6.07 Å². The van der Waals surface area contributed by atoms with Crippen LogP contribution in [-0.2, 0) is 20.5 Å². The van der Waals surface area contributed by atoms with E-state index >= 15 is 0 Å². The second-order valence-electron chi connectivity index (χ2n) is 10.9. The molecule has 7 heteroatoms. The van der Waals surface area contributed by atoms with Gasteiger partial charge < -0.3 is 10.6 Å². The number of hydrogen-bond acceptors (Lipinski definition) is 4. The molecule has 0 aliphatic carbocycles. The number of carbonyl (C=O) groups is 3. The lowest BCUT2D eigenvalue weighted by Gasteiger charge is -2.43. The van der Waals surface area contributed by atoms with Crippen molar-refractivity contribution in [3.05, 3.63) is 107 Å². The maximum atomic E-state index is 14.8. The van der Waals surface area contributed by atoms with Gasteiger partial charge in [-0.15, -0.1) is 0 Å². The zero-order valence-electron chi connectivity index (χ0n) is 20.9. The first-order chi connectivity index (χ1) is 19.0. The van der Waals surface area contributed by atoms with E-state index in [1.165, 1.54) is 0 Å². The van der Waals surface area contributed by atoms with Gasteiger partial charge in [-0.3, -0.25) is 19.3 Å². The normalized spacial score (nSPS) is 28.5. The minimum Gasteiger partial charge on any atom is -0.325 e. The number of ketones is 1. The smallest absolute Gasteiger partial charge is 0.251 e. The number of nitrogens with one attached hydrogen (secondary N) is 2. The van der Waals surface area contributed by atoms with Gasteiger partial charge in [0.15, 0.2) is 5.78 Å². The average molecular weight is 534 g/mol. The fourth-order valence-electron chi connectivity index (χ4n) is 8.09. The average Bonchev–Trinajstić information content (AvgIpc) is 3.67. The van der Waals surface area contributed by atoms with Crippen LogP contribution in [-0.4, -0.2) is 35.1 Å². The molecule has 2 fully saturated rings. The molecule has 192 valence electrons. The summed E-state index contributed by atoms with van der Waals surface area (Å²) in [7, 11) is 0. The maximum Gasteiger partial charge on any atom is 0.251 e. The molecule has 2 spiro atoms. The van der Waals surface area contributed by atoms with Crippen molar-refractivity contribution in [2.45, 2.75) is 29.8 Å². The van der Waals surface area contributed by atoms with E-state index < -0.39 is 16.9 Å². The Labute approximate surface area is 230 Å². The van der Waals surface area contributed by atoms with Gasteiger partial charge in [-0.1, -0.05) is 78.3 Å². The van der Waals surface area contributed by atoms with Crippen molar-refractivity contribution in [1.82, 2.24) is 4.90 Å². The lowest BCUT2D eigenvalue weighted by Crippen LogP contribution is -2.62. The van der Waals surface area contributed by atoms with Crippen LogP contribution in [0.3, 0.4) is 0 Å². The number of rotatable bonds is 2. The molecule has 2 amide bonds. The Bertz CT molecular complexity index is 1770. The van der Waals surface area contributed by atoms with Crippen molar-refractivity contribution in [2.75, 3.05) is 17.2 Å². The molecule has 0 aromatic heterocycles. The van der Waals surface area contributed by atoms with Gasteiger partial charge in [0, 0.05) is 22.9 Å². The van der Waals surface area contributed by atoms with Crippen LogP contribution in [0.25, 0.3) is 10.8 Å². The van der Waals surface area contributed by atoms with Crippen LogP contribution in [0.15, 0.2) is 84.9 Å². The summed E-state index contributed by atoms with van der Waals surface area (Å²) >= 11 is 6.62. The first-order valence-corrected chi connectivity index (χ1v) is 13.7. The Morgan fingerprint density at radius 1 is 0.846 bits per heavy atom. The third kappa shape index (κ3) is 2.59. The molecular weight excluding hydrogens is 510 g/mol. The van der Waals surface area contributed by atoms with E-state index in [1.807, 2.05) is 78.9 Å². The number of amides is 2. The minimum atomic E-state index is -1.47. The molecule has 0 radical (unpaired) electrons. The van der Waals surface area contributed by atoms with Crippen LogP contribution in [0.2, 0.25) is 5.02 Å². The van der Waals surface area contributed by atoms with Crippen molar-refractivity contribution in [3.8, 4) is 0 Å². The zero-order chi connectivity index (χ0) is 26.5. The van der Waals surface area contributed by atoms with Crippen molar-refractivity contribution in [1.29, 1.82) is 0 Å². The summed E-state index contributed by atoms with van der Waals surface area (Å²) in [4.78, 5) is 45.9. The molecule has 2 N–H and O–H groups in total. The Kier molecular flexibility index (Phi) is 4.57. The van der Waals surface area contributed by atoms with E-state index in [-0.39, 0.29) is 23.6 Å². The summed E-state index contributed by atoms with van der Waals surface area (Å²) in [6, 6.07) is 26.3. The summed E-state index contributed by atoms with van der Waals surface area (Å²) < 4.78 is 0. The molecule has 4 aliphatic rings. The van der Waals surface area contributed by atoms with Gasteiger partial charge in [0.2, 0.25) is 5.91 Å². The lowest BCUT2D eigenvalue weighted by atomic mass is 9.57. The van der Waals surface area contributed by atoms with Crippen LogP contribution < -0.4 is 10.6 Å². The molecule has 4 aliphatic heterocycles. The van der Waals surface area contributed by atoms with Crippen molar-refractivity contribution in [3.63, 3.8) is 0 Å². The molecule has 4 aromatic carbocycles. The van der Waals surface area contributed by atoms with Crippen LogP contribution in [0.4, 0.5) is 11.4 Å². The number of anilines is 2. The van der Waals surface area contributed by atoms with Crippen molar-refractivity contribution >= 4 is 51.3 Å². The summed E-state index contributed by atoms with van der Waals surface area (Å²) in [5.74, 6) is -1.52. The summed E-state index contributed by atoms with van der Waals surface area (Å²) in [6.07, 6.45) is 1.54. The second-order valence-corrected chi connectivity index (χ2v) is 11.3. The van der Waals surface area contributed by atoms with E-state index in [0.29, 0.717) is 46.1 Å². The van der Waals surface area contributed by atoms with Crippen LogP contribution in [0, 0.1) is 5.92 Å². The first-order valence-electron chi connectivity index (χ1n) is 13.3. The third-order valence-corrected chi connectivity index (χ3v) is 9.71. The molecule has 0 unspecified atom stereocenters. The largest absolute Gasteiger partial charge is 0.325 e. The number of benzene rings is 4. The quantitative estimate of drug-likeness (QED) is 0.333.